The van der Waals surface area contributed by atoms with Crippen molar-refractivity contribution in [2.24, 2.45) is 0 Å². The predicted octanol–water partition coefficient (Wildman–Crippen LogP) is 3.86. The average molecular weight is 495 g/mol. The van der Waals surface area contributed by atoms with Gasteiger partial charge < -0.3 is 10.6 Å². The van der Waals surface area contributed by atoms with Crippen molar-refractivity contribution in [3.05, 3.63) is 64.0 Å². The second-order valence-electron chi connectivity index (χ2n) is 6.88. The van der Waals surface area contributed by atoms with Crippen molar-refractivity contribution in [3.63, 3.8) is 0 Å². The second-order valence-corrected chi connectivity index (χ2v) is 8.07. The lowest BCUT2D eigenvalue weighted by Gasteiger charge is -2.15. The molecule has 0 aliphatic rings. The average Bonchev–Trinajstić information content (AvgIpc) is 2.79. The summed E-state index contributed by atoms with van der Waals surface area (Å²) in [5.41, 5.74) is -1.37. The molecule has 0 aliphatic carbocycles. The summed E-state index contributed by atoms with van der Waals surface area (Å²) in [5.74, 6) is -8.16. The minimum absolute atomic E-state index is 0.0261. The van der Waals surface area contributed by atoms with Gasteiger partial charge in [0.2, 0.25) is 11.8 Å². The fourth-order valence-electron chi connectivity index (χ4n) is 2.88. The van der Waals surface area contributed by atoms with Crippen LogP contribution in [-0.2, 0) is 9.59 Å². The van der Waals surface area contributed by atoms with Crippen LogP contribution in [0.2, 0.25) is 0 Å². The summed E-state index contributed by atoms with van der Waals surface area (Å²) >= 11 is 0.726. The Hall–Kier alpha value is -3.74. The fraction of sp³-hybridized carbons (Fsp3) is 0.190. The van der Waals surface area contributed by atoms with E-state index in [9.17, 15) is 31.9 Å². The van der Waals surface area contributed by atoms with Crippen LogP contribution in [0.1, 0.15) is 20.3 Å². The van der Waals surface area contributed by atoms with Crippen LogP contribution >= 0.6 is 11.8 Å². The van der Waals surface area contributed by atoms with Crippen LogP contribution in [0, 0.1) is 23.3 Å². The molecule has 1 aromatic heterocycles. The first kappa shape index (κ1) is 24.9. The van der Waals surface area contributed by atoms with Crippen molar-refractivity contribution in [2.45, 2.75) is 30.7 Å². The van der Waals surface area contributed by atoms with Gasteiger partial charge in [-0.2, -0.15) is 0 Å². The largest absolute Gasteiger partial charge is 0.326 e. The first-order valence-corrected chi connectivity index (χ1v) is 10.6. The van der Waals surface area contributed by atoms with E-state index < -0.39 is 45.7 Å². The van der Waals surface area contributed by atoms with Gasteiger partial charge in [0.1, 0.15) is 5.69 Å². The van der Waals surface area contributed by atoms with E-state index >= 15 is 0 Å². The molecule has 0 saturated carbocycles. The monoisotopic (exact) mass is 495 g/mol. The van der Waals surface area contributed by atoms with Crippen LogP contribution in [0.25, 0.3) is 11.3 Å². The molecule has 1 atom stereocenters. The van der Waals surface area contributed by atoms with Crippen molar-refractivity contribution >= 4 is 35.0 Å². The molecule has 0 bridgehead atoms. The van der Waals surface area contributed by atoms with E-state index in [1.807, 2.05) is 5.32 Å². The topological polar surface area (TPSA) is 117 Å². The van der Waals surface area contributed by atoms with Crippen LogP contribution in [0.5, 0.6) is 0 Å². The third-order valence-corrected chi connectivity index (χ3v) is 5.69. The number of anilines is 2. The molecule has 0 unspecified atom stereocenters. The third kappa shape index (κ3) is 5.42. The molecule has 1 heterocycles. The highest BCUT2D eigenvalue weighted by molar-refractivity contribution is 8.00. The number of hydrogen-bond donors (Lipinski definition) is 3. The summed E-state index contributed by atoms with van der Waals surface area (Å²) in [4.78, 5) is 39.0. The van der Waals surface area contributed by atoms with Crippen molar-refractivity contribution in [1.82, 2.24) is 15.2 Å². The standard InChI is InChI=1S/C21H17F4N5O3S/c1-3-14(19(32)27-18-15(24)11(22)8-12(23)16(18)25)34-21-28-20(33)17(29-30-21)10-6-4-5-7-13(10)26-9(2)31/h4-8,14H,3H2,1-2H3,(H,26,31)(H,27,32)(H,28,30,33)/t14-/m0/s1. The molecule has 34 heavy (non-hydrogen) atoms. The summed E-state index contributed by atoms with van der Waals surface area (Å²) in [6, 6.07) is 6.45. The predicted molar refractivity (Wildman–Crippen MR) is 117 cm³/mol. The molecule has 3 aromatic rings. The normalized spacial score (nSPS) is 11.7. The molecule has 8 nitrogen and oxygen atoms in total. The summed E-state index contributed by atoms with van der Waals surface area (Å²) in [6.07, 6.45) is 0.106. The van der Waals surface area contributed by atoms with Gasteiger partial charge in [-0.05, 0) is 12.5 Å². The molecule has 178 valence electrons. The molecule has 2 aromatic carbocycles. The number of nitrogens with zero attached hydrogens (tertiary/aromatic N) is 2. The number of aromatic amines is 1. The number of carbonyl (C=O) groups is 2. The van der Waals surface area contributed by atoms with Crippen LogP contribution in [0.3, 0.4) is 0 Å². The number of halogens is 4. The quantitative estimate of drug-likeness (QED) is 0.260. The van der Waals surface area contributed by atoms with E-state index in [1.54, 1.807) is 31.2 Å². The molecule has 0 aliphatic heterocycles. The van der Waals surface area contributed by atoms with Crippen LogP contribution in [0.15, 0.2) is 40.3 Å². The van der Waals surface area contributed by atoms with E-state index in [1.165, 1.54) is 6.92 Å². The molecular weight excluding hydrogens is 478 g/mol. The van der Waals surface area contributed by atoms with Gasteiger partial charge in [0, 0.05) is 18.6 Å². The maximum Gasteiger partial charge on any atom is 0.278 e. The minimum Gasteiger partial charge on any atom is -0.326 e. The number of para-hydroxylation sites is 1. The Balaban J connectivity index is 1.83. The Morgan fingerprint density at radius 2 is 1.71 bits per heavy atom. The lowest BCUT2D eigenvalue weighted by atomic mass is 10.1. The summed E-state index contributed by atoms with van der Waals surface area (Å²) in [6.45, 7) is 2.87. The number of thioether (sulfide) groups is 1. The van der Waals surface area contributed by atoms with Crippen LogP contribution < -0.4 is 16.2 Å². The Kier molecular flexibility index (Phi) is 7.66. The van der Waals surface area contributed by atoms with Gasteiger partial charge in [-0.15, -0.1) is 10.2 Å². The van der Waals surface area contributed by atoms with Gasteiger partial charge >= 0.3 is 0 Å². The number of benzene rings is 2. The molecule has 0 spiro atoms. The fourth-order valence-corrected chi connectivity index (χ4v) is 3.72. The molecule has 3 N–H and O–H groups in total. The molecule has 0 saturated heterocycles. The Labute approximate surface area is 194 Å². The van der Waals surface area contributed by atoms with Gasteiger partial charge in [-0.1, -0.05) is 36.9 Å². The zero-order chi connectivity index (χ0) is 25.0. The molecule has 0 radical (unpaired) electrons. The number of aromatic nitrogens is 3. The third-order valence-electron chi connectivity index (χ3n) is 4.45. The van der Waals surface area contributed by atoms with Crippen molar-refractivity contribution < 1.29 is 27.2 Å². The van der Waals surface area contributed by atoms with Gasteiger partial charge in [0.15, 0.2) is 34.1 Å². The minimum atomic E-state index is -1.75. The first-order valence-electron chi connectivity index (χ1n) is 9.76. The Bertz CT molecular complexity index is 1290. The number of H-pyrrole nitrogens is 1. The zero-order valence-corrected chi connectivity index (χ0v) is 18.5. The van der Waals surface area contributed by atoms with E-state index in [0.717, 1.165) is 11.8 Å². The highest BCUT2D eigenvalue weighted by Gasteiger charge is 2.26. The second kappa shape index (κ2) is 10.5. The Morgan fingerprint density at radius 3 is 2.29 bits per heavy atom. The molecular formula is C21H17F4N5O3S. The van der Waals surface area contributed by atoms with E-state index in [2.05, 4.69) is 20.5 Å². The first-order chi connectivity index (χ1) is 16.1. The highest BCUT2D eigenvalue weighted by Crippen LogP contribution is 2.28. The van der Waals surface area contributed by atoms with Gasteiger partial charge in [0.05, 0.1) is 10.9 Å². The number of hydrogen-bond acceptors (Lipinski definition) is 6. The summed E-state index contributed by atoms with van der Waals surface area (Å²) in [5, 5.41) is 11.0. The molecule has 13 heteroatoms. The summed E-state index contributed by atoms with van der Waals surface area (Å²) in [7, 11) is 0. The molecule has 3 rings (SSSR count). The number of carbonyl (C=O) groups excluding carboxylic acids is 2. The van der Waals surface area contributed by atoms with E-state index in [4.69, 9.17) is 0 Å². The van der Waals surface area contributed by atoms with E-state index in [0.29, 0.717) is 11.3 Å². The van der Waals surface area contributed by atoms with E-state index in [-0.39, 0.29) is 29.2 Å². The maximum atomic E-state index is 13.9. The summed E-state index contributed by atoms with van der Waals surface area (Å²) < 4.78 is 54.5. The van der Waals surface area contributed by atoms with Crippen molar-refractivity contribution in [3.8, 4) is 11.3 Å². The van der Waals surface area contributed by atoms with Gasteiger partial charge in [-0.25, -0.2) is 17.6 Å². The Morgan fingerprint density at radius 1 is 1.06 bits per heavy atom. The zero-order valence-electron chi connectivity index (χ0n) is 17.7. The number of rotatable bonds is 7. The van der Waals surface area contributed by atoms with Gasteiger partial charge in [0.25, 0.3) is 5.56 Å². The SMILES string of the molecule is CC[C@H](Sc1nnc(-c2ccccc2NC(C)=O)c(=O)[nH]1)C(=O)Nc1c(F)c(F)cc(F)c1F. The molecule has 0 fully saturated rings. The van der Waals surface area contributed by atoms with Gasteiger partial charge in [-0.3, -0.25) is 19.4 Å². The van der Waals surface area contributed by atoms with Crippen molar-refractivity contribution in [2.75, 3.05) is 10.6 Å². The van der Waals surface area contributed by atoms with Crippen LogP contribution in [0.4, 0.5) is 28.9 Å². The molecule has 2 amide bonds. The van der Waals surface area contributed by atoms with Crippen molar-refractivity contribution in [1.29, 1.82) is 0 Å². The highest BCUT2D eigenvalue weighted by atomic mass is 32.2. The maximum absolute atomic E-state index is 13.9. The number of nitrogens with one attached hydrogen (secondary N) is 3. The smallest absolute Gasteiger partial charge is 0.278 e. The van der Waals surface area contributed by atoms with Crippen LogP contribution in [-0.4, -0.2) is 32.2 Å². The number of amides is 2. The lowest BCUT2D eigenvalue weighted by Crippen LogP contribution is -2.27. The lowest BCUT2D eigenvalue weighted by molar-refractivity contribution is -0.116.